The van der Waals surface area contributed by atoms with E-state index >= 15 is 0 Å². The molecule has 64 valence electrons. The van der Waals surface area contributed by atoms with Crippen LogP contribution in [0.3, 0.4) is 0 Å². The molecule has 0 saturated heterocycles. The minimum atomic E-state index is -1.71. The van der Waals surface area contributed by atoms with Gasteiger partial charge >= 0.3 is 5.97 Å². The van der Waals surface area contributed by atoms with Crippen LogP contribution in [0.4, 0.5) is 0 Å². The first kappa shape index (κ1) is 10.4. The molecule has 0 bridgehead atoms. The van der Waals surface area contributed by atoms with Gasteiger partial charge in [-0.15, -0.1) is 0 Å². The average Bonchev–Trinajstić information content (AvgIpc) is 1.82. The van der Waals surface area contributed by atoms with E-state index in [2.05, 4.69) is 6.58 Å². The standard InChI is InChI=1S/C8H16O2Si/c1-6-7(2)8(9)10-11(3,4)5/h2,6H2,1,3-5H3. The Balaban J connectivity index is 3.99. The van der Waals surface area contributed by atoms with E-state index < -0.39 is 8.32 Å². The third kappa shape index (κ3) is 4.78. The molecule has 0 amide bonds. The van der Waals surface area contributed by atoms with E-state index in [0.29, 0.717) is 12.0 Å². The van der Waals surface area contributed by atoms with Crippen LogP contribution in [0.5, 0.6) is 0 Å². The molecule has 11 heavy (non-hydrogen) atoms. The molecule has 0 rings (SSSR count). The summed E-state index contributed by atoms with van der Waals surface area (Å²) in [6, 6.07) is 0. The first-order valence-electron chi connectivity index (χ1n) is 3.78. The second-order valence-electron chi connectivity index (χ2n) is 3.46. The van der Waals surface area contributed by atoms with E-state index in [1.54, 1.807) is 0 Å². The molecule has 0 spiro atoms. The van der Waals surface area contributed by atoms with Gasteiger partial charge in [0.25, 0.3) is 0 Å². The molecule has 3 heteroatoms. The van der Waals surface area contributed by atoms with Gasteiger partial charge < -0.3 is 4.43 Å². The molecule has 0 atom stereocenters. The predicted molar refractivity (Wildman–Crippen MR) is 48.9 cm³/mol. The van der Waals surface area contributed by atoms with Crippen molar-refractivity contribution in [2.75, 3.05) is 0 Å². The molecule has 0 saturated carbocycles. The largest absolute Gasteiger partial charge is 0.517 e. The van der Waals surface area contributed by atoms with Crippen molar-refractivity contribution in [3.05, 3.63) is 12.2 Å². The highest BCUT2D eigenvalue weighted by atomic mass is 28.4. The lowest BCUT2D eigenvalue weighted by atomic mass is 10.2. The predicted octanol–water partition coefficient (Wildman–Crippen LogP) is 2.33. The molecule has 0 aromatic heterocycles. The van der Waals surface area contributed by atoms with Crippen LogP contribution < -0.4 is 0 Å². The average molecular weight is 172 g/mol. The molecule has 0 aliphatic carbocycles. The van der Waals surface area contributed by atoms with Gasteiger partial charge in [0.05, 0.1) is 0 Å². The Labute approximate surface area is 69.4 Å². The topological polar surface area (TPSA) is 26.3 Å². The van der Waals surface area contributed by atoms with Crippen LogP contribution in [0.1, 0.15) is 13.3 Å². The van der Waals surface area contributed by atoms with Crippen molar-refractivity contribution in [1.29, 1.82) is 0 Å². The van der Waals surface area contributed by atoms with E-state index in [4.69, 9.17) is 4.43 Å². The zero-order valence-corrected chi connectivity index (χ0v) is 8.73. The van der Waals surface area contributed by atoms with Gasteiger partial charge in [0, 0.05) is 5.57 Å². The van der Waals surface area contributed by atoms with Gasteiger partial charge in [-0.2, -0.15) is 0 Å². The number of hydrogen-bond donors (Lipinski definition) is 0. The van der Waals surface area contributed by atoms with Crippen LogP contribution in [0.15, 0.2) is 12.2 Å². The molecular formula is C8H16O2Si. The maximum Gasteiger partial charge on any atom is 0.320 e. The SMILES string of the molecule is C=C(CC)C(=O)O[Si](C)(C)C. The fourth-order valence-electron chi connectivity index (χ4n) is 0.495. The maximum absolute atomic E-state index is 11.1. The van der Waals surface area contributed by atoms with Crippen molar-refractivity contribution < 1.29 is 9.22 Å². The molecule has 0 aliphatic rings. The Morgan fingerprint density at radius 3 is 2.18 bits per heavy atom. The van der Waals surface area contributed by atoms with Crippen molar-refractivity contribution in [3.8, 4) is 0 Å². The van der Waals surface area contributed by atoms with Gasteiger partial charge in [-0.05, 0) is 26.1 Å². The van der Waals surface area contributed by atoms with Gasteiger partial charge in [-0.1, -0.05) is 13.5 Å². The highest BCUT2D eigenvalue weighted by Gasteiger charge is 2.20. The summed E-state index contributed by atoms with van der Waals surface area (Å²) in [5, 5.41) is 0. The zero-order valence-electron chi connectivity index (χ0n) is 7.73. The summed E-state index contributed by atoms with van der Waals surface area (Å²) >= 11 is 0. The molecule has 0 aromatic carbocycles. The molecule has 0 heterocycles. The van der Waals surface area contributed by atoms with Crippen LogP contribution >= 0.6 is 0 Å². The minimum Gasteiger partial charge on any atom is -0.517 e. The van der Waals surface area contributed by atoms with E-state index in [-0.39, 0.29) is 5.97 Å². The van der Waals surface area contributed by atoms with Crippen molar-refractivity contribution in [1.82, 2.24) is 0 Å². The zero-order chi connectivity index (χ0) is 9.07. The molecule has 0 radical (unpaired) electrons. The van der Waals surface area contributed by atoms with E-state index in [1.165, 1.54) is 0 Å². The quantitative estimate of drug-likeness (QED) is 0.482. The third-order valence-electron chi connectivity index (χ3n) is 1.11. The molecule has 0 fully saturated rings. The Hall–Kier alpha value is -0.573. The van der Waals surface area contributed by atoms with Crippen molar-refractivity contribution >= 4 is 14.3 Å². The highest BCUT2D eigenvalue weighted by Crippen LogP contribution is 2.08. The molecule has 0 aliphatic heterocycles. The smallest absolute Gasteiger partial charge is 0.320 e. The van der Waals surface area contributed by atoms with Gasteiger partial charge in [0.2, 0.25) is 8.32 Å². The first-order chi connectivity index (χ1) is 4.87. The van der Waals surface area contributed by atoms with Crippen molar-refractivity contribution in [3.63, 3.8) is 0 Å². The summed E-state index contributed by atoms with van der Waals surface area (Å²) in [4.78, 5) is 11.1. The first-order valence-corrected chi connectivity index (χ1v) is 7.18. The Morgan fingerprint density at radius 2 is 1.91 bits per heavy atom. The summed E-state index contributed by atoms with van der Waals surface area (Å²) in [5.41, 5.74) is 0.562. The maximum atomic E-state index is 11.1. The highest BCUT2D eigenvalue weighted by molar-refractivity contribution is 6.71. The van der Waals surface area contributed by atoms with Crippen LogP contribution in [-0.2, 0) is 9.22 Å². The van der Waals surface area contributed by atoms with Gasteiger partial charge in [0.1, 0.15) is 0 Å². The van der Waals surface area contributed by atoms with E-state index in [9.17, 15) is 4.79 Å². The summed E-state index contributed by atoms with van der Waals surface area (Å²) in [5.74, 6) is -0.230. The Kier molecular flexibility index (Phi) is 3.52. The minimum absolute atomic E-state index is 0.230. The fourth-order valence-corrected chi connectivity index (χ4v) is 1.20. The van der Waals surface area contributed by atoms with Crippen LogP contribution in [0.2, 0.25) is 19.6 Å². The van der Waals surface area contributed by atoms with E-state index in [0.717, 1.165) is 0 Å². The molecular weight excluding hydrogens is 156 g/mol. The Morgan fingerprint density at radius 1 is 1.45 bits per heavy atom. The molecule has 2 nitrogen and oxygen atoms in total. The summed E-state index contributed by atoms with van der Waals surface area (Å²) in [6.07, 6.45) is 0.670. The third-order valence-corrected chi connectivity index (χ3v) is 1.91. The van der Waals surface area contributed by atoms with Crippen LogP contribution in [0, 0.1) is 0 Å². The fraction of sp³-hybridized carbons (Fsp3) is 0.625. The van der Waals surface area contributed by atoms with Crippen LogP contribution in [-0.4, -0.2) is 14.3 Å². The molecule has 0 unspecified atom stereocenters. The lowest BCUT2D eigenvalue weighted by molar-refractivity contribution is -0.130. The summed E-state index contributed by atoms with van der Waals surface area (Å²) < 4.78 is 5.19. The number of rotatable bonds is 3. The van der Waals surface area contributed by atoms with Gasteiger partial charge in [-0.25, -0.2) is 4.79 Å². The second-order valence-corrected chi connectivity index (χ2v) is 7.89. The molecule has 0 N–H and O–H groups in total. The normalized spacial score (nSPS) is 10.9. The van der Waals surface area contributed by atoms with Crippen LogP contribution in [0.25, 0.3) is 0 Å². The molecule has 0 aromatic rings. The van der Waals surface area contributed by atoms with Crippen molar-refractivity contribution in [2.45, 2.75) is 33.0 Å². The number of carbonyl (C=O) groups is 1. The monoisotopic (exact) mass is 172 g/mol. The summed E-state index contributed by atoms with van der Waals surface area (Å²) in [6.45, 7) is 11.4. The lowest BCUT2D eigenvalue weighted by Crippen LogP contribution is -2.29. The van der Waals surface area contributed by atoms with Gasteiger partial charge in [0.15, 0.2) is 0 Å². The number of carbonyl (C=O) groups excluding carboxylic acids is 1. The summed E-state index contributed by atoms with van der Waals surface area (Å²) in [7, 11) is -1.71. The van der Waals surface area contributed by atoms with Crippen molar-refractivity contribution in [2.24, 2.45) is 0 Å². The second kappa shape index (κ2) is 3.71. The number of hydrogen-bond acceptors (Lipinski definition) is 2. The Bertz CT molecular complexity index is 167. The van der Waals surface area contributed by atoms with Gasteiger partial charge in [-0.3, -0.25) is 0 Å². The van der Waals surface area contributed by atoms with E-state index in [1.807, 2.05) is 26.6 Å². The lowest BCUT2D eigenvalue weighted by Gasteiger charge is -2.17.